The minimum atomic E-state index is -4.37. The van der Waals surface area contributed by atoms with Crippen molar-refractivity contribution in [3.05, 3.63) is 0 Å². The molecule has 0 N–H and O–H groups in total. The molecule has 0 spiro atoms. The predicted molar refractivity (Wildman–Crippen MR) is 109 cm³/mol. The van der Waals surface area contributed by atoms with Gasteiger partial charge in [-0.2, -0.15) is 13.2 Å². The van der Waals surface area contributed by atoms with Crippen LogP contribution in [0, 0.1) is 5.92 Å². The Morgan fingerprint density at radius 1 is 1.14 bits per heavy atom. The first-order valence-electron chi connectivity index (χ1n) is 10.1. The summed E-state index contributed by atoms with van der Waals surface area (Å²) in [6.45, 7) is 13.7. The van der Waals surface area contributed by atoms with Crippen LogP contribution in [0.1, 0.15) is 67.7 Å². The van der Waals surface area contributed by atoms with E-state index in [1.165, 1.54) is 0 Å². The van der Waals surface area contributed by atoms with Crippen LogP contribution in [0.25, 0.3) is 0 Å². The summed E-state index contributed by atoms with van der Waals surface area (Å²) in [5.41, 5.74) is -6.30. The summed E-state index contributed by atoms with van der Waals surface area (Å²) in [7, 11) is -0.921. The first-order chi connectivity index (χ1) is 13.0. The Morgan fingerprint density at radius 2 is 1.62 bits per heavy atom. The number of carbonyl (C=O) groups is 1. The van der Waals surface area contributed by atoms with Crippen molar-refractivity contribution in [1.29, 1.82) is 0 Å². The maximum absolute atomic E-state index is 13.2. The number of amides is 1. The maximum Gasteiger partial charge on any atom is 0.472 e. The molecule has 2 aliphatic heterocycles. The molecule has 2 aliphatic rings. The topological polar surface area (TPSA) is 48.0 Å². The highest BCUT2D eigenvalue weighted by Crippen LogP contribution is 2.45. The van der Waals surface area contributed by atoms with Gasteiger partial charge in [0.1, 0.15) is 5.60 Å². The molecule has 2 fully saturated rings. The van der Waals surface area contributed by atoms with Gasteiger partial charge in [0.25, 0.3) is 0 Å². The summed E-state index contributed by atoms with van der Waals surface area (Å²) in [5, 5.41) is -0.853. The fourth-order valence-electron chi connectivity index (χ4n) is 3.43. The van der Waals surface area contributed by atoms with Crippen LogP contribution in [0.4, 0.5) is 18.0 Å². The number of ether oxygens (including phenoxy) is 1. The van der Waals surface area contributed by atoms with E-state index in [4.69, 9.17) is 14.0 Å². The average molecular weight is 439 g/mol. The summed E-state index contributed by atoms with van der Waals surface area (Å²) in [6.07, 6.45) is 1.22. The van der Waals surface area contributed by atoms with Crippen LogP contribution in [0.15, 0.2) is 0 Å². The van der Waals surface area contributed by atoms with E-state index < -0.39 is 34.6 Å². The summed E-state index contributed by atoms with van der Waals surface area (Å²) in [6, 6.07) is 0. The van der Waals surface area contributed by atoms with Crippen LogP contribution >= 0.6 is 11.8 Å². The smallest absolute Gasteiger partial charge is 0.444 e. The zero-order valence-corrected chi connectivity index (χ0v) is 19.2. The number of piperidine rings is 1. The number of hydrogen-bond donors (Lipinski definition) is 0. The van der Waals surface area contributed by atoms with E-state index in [1.54, 1.807) is 25.7 Å². The Morgan fingerprint density at radius 3 is 2.03 bits per heavy atom. The molecule has 10 heteroatoms. The molecule has 29 heavy (non-hydrogen) atoms. The van der Waals surface area contributed by atoms with Crippen molar-refractivity contribution < 1.29 is 32.0 Å². The second-order valence-electron chi connectivity index (χ2n) is 9.87. The van der Waals surface area contributed by atoms with E-state index in [-0.39, 0.29) is 23.8 Å². The quantitative estimate of drug-likeness (QED) is 0.558. The minimum Gasteiger partial charge on any atom is -0.444 e. The normalized spacial score (nSPS) is 23.9. The van der Waals surface area contributed by atoms with E-state index in [0.717, 1.165) is 0 Å². The van der Waals surface area contributed by atoms with Crippen molar-refractivity contribution in [3.63, 3.8) is 0 Å². The molecule has 0 aliphatic carbocycles. The lowest BCUT2D eigenvalue weighted by Crippen LogP contribution is -2.43. The van der Waals surface area contributed by atoms with Crippen LogP contribution in [-0.4, -0.2) is 58.7 Å². The molecule has 0 bridgehead atoms. The van der Waals surface area contributed by atoms with E-state index in [1.807, 2.05) is 27.7 Å². The highest BCUT2D eigenvalue weighted by molar-refractivity contribution is 8.02. The predicted octanol–water partition coefficient (Wildman–Crippen LogP) is 5.28. The molecule has 0 radical (unpaired) electrons. The molecule has 2 heterocycles. The van der Waals surface area contributed by atoms with E-state index in [9.17, 15) is 18.0 Å². The molecule has 2 rings (SSSR count). The lowest BCUT2D eigenvalue weighted by Gasteiger charge is -2.35. The zero-order valence-electron chi connectivity index (χ0n) is 18.4. The van der Waals surface area contributed by atoms with Gasteiger partial charge >= 0.3 is 18.7 Å². The maximum atomic E-state index is 13.2. The zero-order chi connectivity index (χ0) is 22.3. The van der Waals surface area contributed by atoms with Crippen LogP contribution in [-0.2, 0) is 14.0 Å². The Kier molecular flexibility index (Phi) is 7.23. The third-order valence-corrected chi connectivity index (χ3v) is 6.68. The lowest BCUT2D eigenvalue weighted by atomic mass is 9.77. The molecule has 0 saturated carbocycles. The number of nitrogens with zero attached hydrogens (tertiary/aromatic N) is 1. The highest BCUT2D eigenvalue weighted by Gasteiger charge is 2.56. The third kappa shape index (κ3) is 6.96. The fourth-order valence-corrected chi connectivity index (χ4v) is 4.37. The molecule has 1 unspecified atom stereocenters. The molecule has 2 saturated heterocycles. The minimum absolute atomic E-state index is 0.0460. The van der Waals surface area contributed by atoms with Crippen LogP contribution in [0.5, 0.6) is 0 Å². The average Bonchev–Trinajstić information content (AvgIpc) is 2.72. The monoisotopic (exact) mass is 439 g/mol. The molecular formula is C19H33BF3NO4S. The van der Waals surface area contributed by atoms with Gasteiger partial charge in [0.15, 0.2) is 0 Å². The SMILES string of the molecule is CC(C)(C)OC(=O)N1CCC(CC(SC(F)(F)F)B2OC(C)(C)C(C)(C)O2)CC1. The first kappa shape index (κ1) is 24.7. The van der Waals surface area contributed by atoms with Crippen LogP contribution in [0.3, 0.4) is 0 Å². The number of alkyl halides is 3. The second kappa shape index (κ2) is 8.50. The van der Waals surface area contributed by atoms with Crippen molar-refractivity contribution in [2.24, 2.45) is 5.92 Å². The number of likely N-dealkylation sites (tertiary alicyclic amines) is 1. The van der Waals surface area contributed by atoms with Crippen molar-refractivity contribution in [3.8, 4) is 0 Å². The van der Waals surface area contributed by atoms with Gasteiger partial charge in [-0.1, -0.05) is 11.8 Å². The van der Waals surface area contributed by atoms with Crippen LogP contribution in [0.2, 0.25) is 0 Å². The first-order valence-corrected chi connectivity index (χ1v) is 11.0. The largest absolute Gasteiger partial charge is 0.472 e. The van der Waals surface area contributed by atoms with Gasteiger partial charge in [0.05, 0.1) is 11.2 Å². The molecule has 168 valence electrons. The second-order valence-corrected chi connectivity index (χ2v) is 11.2. The number of thioether (sulfide) groups is 1. The summed E-state index contributed by atoms with van der Waals surface area (Å²) in [5.74, 6) is 0.0626. The Labute approximate surface area is 176 Å². The van der Waals surface area contributed by atoms with Crippen molar-refractivity contribution >= 4 is 25.0 Å². The van der Waals surface area contributed by atoms with E-state index in [0.29, 0.717) is 32.4 Å². The van der Waals surface area contributed by atoms with E-state index in [2.05, 4.69) is 0 Å². The lowest BCUT2D eigenvalue weighted by molar-refractivity contribution is -0.0333. The highest BCUT2D eigenvalue weighted by atomic mass is 32.2. The summed E-state index contributed by atoms with van der Waals surface area (Å²) >= 11 is -0.0460. The van der Waals surface area contributed by atoms with Gasteiger partial charge in [-0.3, -0.25) is 0 Å². The van der Waals surface area contributed by atoms with E-state index >= 15 is 0 Å². The van der Waals surface area contributed by atoms with Crippen LogP contribution < -0.4 is 0 Å². The van der Waals surface area contributed by atoms with Gasteiger partial charge in [-0.15, -0.1) is 0 Å². The molecule has 0 aromatic heterocycles. The number of carbonyl (C=O) groups excluding carboxylic acids is 1. The fraction of sp³-hybridized carbons (Fsp3) is 0.947. The number of rotatable bonds is 4. The molecule has 0 aromatic rings. The van der Waals surface area contributed by atoms with Crippen molar-refractivity contribution in [2.75, 3.05) is 13.1 Å². The van der Waals surface area contributed by atoms with Gasteiger partial charge in [0, 0.05) is 18.2 Å². The molecule has 1 amide bonds. The van der Waals surface area contributed by atoms with Gasteiger partial charge in [-0.25, -0.2) is 4.79 Å². The number of hydrogen-bond acceptors (Lipinski definition) is 5. The molecule has 0 aromatic carbocycles. The Hall–Kier alpha value is -0.605. The van der Waals surface area contributed by atoms with Gasteiger partial charge in [0.2, 0.25) is 0 Å². The standard InChI is InChI=1S/C19H33BF3NO4S/c1-16(2,3)26-15(25)24-10-8-13(9-11-24)12-14(29-19(21,22)23)20-27-17(4,5)18(6,7)28-20/h13-14H,8-12H2,1-7H3. The van der Waals surface area contributed by atoms with Gasteiger partial charge < -0.3 is 18.9 Å². The Bertz CT molecular complexity index is 571. The molecular weight excluding hydrogens is 406 g/mol. The van der Waals surface area contributed by atoms with Crippen molar-refractivity contribution in [2.45, 2.75) is 95.2 Å². The Balaban J connectivity index is 1.98. The summed E-state index contributed by atoms with van der Waals surface area (Å²) < 4.78 is 56.8. The van der Waals surface area contributed by atoms with Crippen molar-refractivity contribution in [1.82, 2.24) is 4.90 Å². The third-order valence-electron chi connectivity index (χ3n) is 5.69. The molecule has 1 atom stereocenters. The van der Waals surface area contributed by atoms with Gasteiger partial charge in [-0.05, 0) is 73.6 Å². The summed E-state index contributed by atoms with van der Waals surface area (Å²) in [4.78, 5) is 13.8. The number of halogens is 3. The molecule has 5 nitrogen and oxygen atoms in total.